The van der Waals surface area contributed by atoms with Crippen LogP contribution >= 0.6 is 0 Å². The van der Waals surface area contributed by atoms with E-state index in [9.17, 15) is 20.1 Å². The minimum atomic E-state index is -1.28. The summed E-state index contributed by atoms with van der Waals surface area (Å²) in [5.41, 5.74) is 6.77. The van der Waals surface area contributed by atoms with Crippen molar-refractivity contribution in [2.45, 2.75) is 24.5 Å². The summed E-state index contributed by atoms with van der Waals surface area (Å²) in [5.74, 6) is 4.44. The molecule has 4 rings (SSSR count). The predicted molar refractivity (Wildman–Crippen MR) is 104 cm³/mol. The molecule has 1 aromatic carbocycles. The molecule has 30 heavy (non-hydrogen) atoms. The molecular formula is C19H18N6O5. The quantitative estimate of drug-likeness (QED) is 0.337. The predicted octanol–water partition coefficient (Wildman–Crippen LogP) is -1.10. The van der Waals surface area contributed by atoms with Crippen LogP contribution in [-0.4, -0.2) is 65.6 Å². The molecule has 3 aromatic rings. The normalized spacial score (nSPS) is 23.1. The van der Waals surface area contributed by atoms with Crippen molar-refractivity contribution < 1.29 is 24.9 Å². The van der Waals surface area contributed by atoms with Crippen LogP contribution in [0.4, 0.5) is 5.82 Å². The number of carbonyl (C=O) groups is 1. The molecule has 0 saturated carbocycles. The topological polar surface area (TPSA) is 169 Å². The number of aromatic nitrogens is 4. The Labute approximate surface area is 170 Å². The van der Waals surface area contributed by atoms with E-state index in [0.29, 0.717) is 16.7 Å². The second kappa shape index (κ2) is 7.96. The number of amides is 1. The second-order valence-electron chi connectivity index (χ2n) is 6.61. The highest BCUT2D eigenvalue weighted by Gasteiger charge is 2.44. The molecule has 3 heterocycles. The van der Waals surface area contributed by atoms with Crippen molar-refractivity contribution in [2.24, 2.45) is 0 Å². The van der Waals surface area contributed by atoms with Gasteiger partial charge in [-0.2, -0.15) is 0 Å². The van der Waals surface area contributed by atoms with Crippen LogP contribution in [0.15, 0.2) is 36.9 Å². The Balaban J connectivity index is 1.43. The first-order valence-corrected chi connectivity index (χ1v) is 8.98. The smallest absolute Gasteiger partial charge is 0.296 e. The van der Waals surface area contributed by atoms with E-state index in [0.717, 1.165) is 0 Å². The third kappa shape index (κ3) is 3.62. The molecule has 1 fully saturated rings. The molecular weight excluding hydrogens is 392 g/mol. The van der Waals surface area contributed by atoms with Gasteiger partial charge in [0.15, 0.2) is 17.7 Å². The van der Waals surface area contributed by atoms with Crippen LogP contribution in [0.1, 0.15) is 11.8 Å². The lowest BCUT2D eigenvalue weighted by Crippen LogP contribution is -2.39. The van der Waals surface area contributed by atoms with Gasteiger partial charge >= 0.3 is 0 Å². The molecule has 0 aliphatic carbocycles. The molecule has 1 aliphatic heterocycles. The summed E-state index contributed by atoms with van der Waals surface area (Å²) < 4.78 is 7.17. The first kappa shape index (κ1) is 19.6. The zero-order valence-corrected chi connectivity index (χ0v) is 15.5. The number of ether oxygens (including phenoxy) is 1. The van der Waals surface area contributed by atoms with Gasteiger partial charge < -0.3 is 31.1 Å². The van der Waals surface area contributed by atoms with E-state index >= 15 is 0 Å². The first-order chi connectivity index (χ1) is 14.5. The Morgan fingerprint density at radius 1 is 1.23 bits per heavy atom. The number of imidazole rings is 1. The van der Waals surface area contributed by atoms with Crippen molar-refractivity contribution in [1.82, 2.24) is 24.8 Å². The monoisotopic (exact) mass is 410 g/mol. The molecule has 0 bridgehead atoms. The standard InChI is InChI=1S/C19H18N6O5/c20-17-14-18(23-8-22-17)25(9-24-14)19-16(29)15(28)12(30-19)7-21-13(27)6-5-10-3-1-2-4-11(10)26/h1-4,8-9,12,15-16,19,26,28-29H,7H2,(H,21,27)(H2,20,22,23)/t12-,15?,16+,19-/m1/s1. The molecule has 1 unspecified atom stereocenters. The first-order valence-electron chi connectivity index (χ1n) is 8.98. The molecule has 2 aromatic heterocycles. The number of hydrogen-bond donors (Lipinski definition) is 5. The number of aromatic hydroxyl groups is 1. The Bertz CT molecular complexity index is 1150. The van der Waals surface area contributed by atoms with E-state index in [1.807, 2.05) is 0 Å². The Morgan fingerprint density at radius 3 is 2.83 bits per heavy atom. The highest BCUT2D eigenvalue weighted by molar-refractivity contribution is 5.94. The fraction of sp³-hybridized carbons (Fsp3) is 0.263. The van der Waals surface area contributed by atoms with Crippen LogP contribution in [0.2, 0.25) is 0 Å². The summed E-state index contributed by atoms with van der Waals surface area (Å²) >= 11 is 0. The number of fused-ring (bicyclic) bond motifs is 1. The molecule has 0 radical (unpaired) electrons. The number of anilines is 1. The summed E-state index contributed by atoms with van der Waals surface area (Å²) in [7, 11) is 0. The van der Waals surface area contributed by atoms with Crippen LogP contribution in [0.5, 0.6) is 5.75 Å². The van der Waals surface area contributed by atoms with E-state index < -0.39 is 30.4 Å². The van der Waals surface area contributed by atoms with Crippen LogP contribution in [0, 0.1) is 11.8 Å². The Kier molecular flexibility index (Phi) is 5.20. The van der Waals surface area contributed by atoms with Crippen molar-refractivity contribution in [3.63, 3.8) is 0 Å². The van der Waals surface area contributed by atoms with Gasteiger partial charge in [0, 0.05) is 12.5 Å². The maximum absolute atomic E-state index is 12.0. The molecule has 0 spiro atoms. The summed E-state index contributed by atoms with van der Waals surface area (Å²) in [6, 6.07) is 6.37. The molecule has 154 valence electrons. The number of para-hydroxylation sites is 1. The third-order valence-corrected chi connectivity index (χ3v) is 4.68. The maximum atomic E-state index is 12.0. The minimum Gasteiger partial charge on any atom is -0.507 e. The molecule has 1 amide bonds. The number of phenolic OH excluding ortho intramolecular Hbond substituents is 1. The molecule has 11 nitrogen and oxygen atoms in total. The highest BCUT2D eigenvalue weighted by Crippen LogP contribution is 2.31. The van der Waals surface area contributed by atoms with Crippen LogP contribution in [0.25, 0.3) is 11.2 Å². The van der Waals surface area contributed by atoms with Crippen molar-refractivity contribution in [1.29, 1.82) is 0 Å². The van der Waals surface area contributed by atoms with Crippen molar-refractivity contribution in [3.8, 4) is 17.6 Å². The van der Waals surface area contributed by atoms with Gasteiger partial charge in [-0.05, 0) is 12.1 Å². The number of aliphatic hydroxyl groups is 2. The summed E-state index contributed by atoms with van der Waals surface area (Å²) in [6.07, 6.45) is -1.78. The summed E-state index contributed by atoms with van der Waals surface area (Å²) in [5, 5.41) is 32.9. The third-order valence-electron chi connectivity index (χ3n) is 4.68. The van der Waals surface area contributed by atoms with Crippen LogP contribution in [-0.2, 0) is 9.53 Å². The van der Waals surface area contributed by atoms with E-state index in [-0.39, 0.29) is 18.1 Å². The Hall–Kier alpha value is -3.72. The number of carbonyl (C=O) groups excluding carboxylic acids is 1. The average molecular weight is 410 g/mol. The molecule has 1 saturated heterocycles. The summed E-state index contributed by atoms with van der Waals surface area (Å²) in [4.78, 5) is 24.0. The fourth-order valence-electron chi connectivity index (χ4n) is 3.12. The van der Waals surface area contributed by atoms with Crippen molar-refractivity contribution >= 4 is 22.9 Å². The van der Waals surface area contributed by atoms with Gasteiger partial charge in [0.25, 0.3) is 5.91 Å². The maximum Gasteiger partial charge on any atom is 0.296 e. The van der Waals surface area contributed by atoms with E-state index in [2.05, 4.69) is 32.1 Å². The number of phenols is 1. The lowest BCUT2D eigenvalue weighted by Gasteiger charge is -2.16. The number of nitrogens with two attached hydrogens (primary N) is 1. The number of nitrogens with zero attached hydrogens (tertiary/aromatic N) is 4. The molecule has 6 N–H and O–H groups in total. The number of rotatable bonds is 3. The largest absolute Gasteiger partial charge is 0.507 e. The van der Waals surface area contributed by atoms with Gasteiger partial charge in [-0.3, -0.25) is 9.36 Å². The zero-order chi connectivity index (χ0) is 21.3. The summed E-state index contributed by atoms with van der Waals surface area (Å²) in [6.45, 7) is -0.0905. The van der Waals surface area contributed by atoms with Gasteiger partial charge in [0.2, 0.25) is 0 Å². The van der Waals surface area contributed by atoms with E-state index in [4.69, 9.17) is 10.5 Å². The van der Waals surface area contributed by atoms with E-state index in [1.165, 1.54) is 23.3 Å². The SMILES string of the molecule is Nc1ncnc2c1ncn2[C@@H]1O[C@H](CNC(=O)C#Cc2ccccc2O)C(O)[C@@H]1O. The zero-order valence-electron chi connectivity index (χ0n) is 15.5. The number of hydrogen-bond acceptors (Lipinski definition) is 9. The van der Waals surface area contributed by atoms with Gasteiger partial charge in [-0.1, -0.05) is 18.1 Å². The second-order valence-corrected chi connectivity index (χ2v) is 6.61. The number of nitrogens with one attached hydrogen (secondary N) is 1. The number of aliphatic hydroxyl groups excluding tert-OH is 2. The highest BCUT2D eigenvalue weighted by atomic mass is 16.6. The van der Waals surface area contributed by atoms with Crippen molar-refractivity contribution in [2.75, 3.05) is 12.3 Å². The lowest BCUT2D eigenvalue weighted by atomic mass is 10.1. The van der Waals surface area contributed by atoms with Gasteiger partial charge in [-0.25, -0.2) is 15.0 Å². The lowest BCUT2D eigenvalue weighted by molar-refractivity contribution is -0.116. The molecule has 11 heteroatoms. The minimum absolute atomic E-state index is 0.0321. The fourth-order valence-corrected chi connectivity index (χ4v) is 3.12. The van der Waals surface area contributed by atoms with Crippen LogP contribution in [0.3, 0.4) is 0 Å². The number of benzene rings is 1. The van der Waals surface area contributed by atoms with Crippen molar-refractivity contribution in [3.05, 3.63) is 42.5 Å². The van der Waals surface area contributed by atoms with Gasteiger partial charge in [0.1, 0.15) is 35.9 Å². The van der Waals surface area contributed by atoms with E-state index in [1.54, 1.807) is 18.2 Å². The van der Waals surface area contributed by atoms with Gasteiger partial charge in [-0.15, -0.1) is 0 Å². The molecule has 1 aliphatic rings. The Morgan fingerprint density at radius 2 is 2.03 bits per heavy atom. The van der Waals surface area contributed by atoms with Crippen LogP contribution < -0.4 is 11.1 Å². The number of nitrogen functional groups attached to an aromatic ring is 1. The molecule has 4 atom stereocenters. The van der Waals surface area contributed by atoms with Gasteiger partial charge in [0.05, 0.1) is 11.9 Å². The average Bonchev–Trinajstić information content (AvgIpc) is 3.28.